The Morgan fingerprint density at radius 3 is 2.74 bits per heavy atom. The number of hydrogen-bond donors (Lipinski definition) is 3. The number of likely N-dealkylation sites (N-methyl/N-ethyl adjacent to an activating group) is 1. The zero-order chi connectivity index (χ0) is 30.2. The first kappa shape index (κ1) is 30.7. The molecule has 3 heterocycles. The van der Waals surface area contributed by atoms with Crippen molar-refractivity contribution in [2.45, 2.75) is 64.6 Å². The lowest BCUT2D eigenvalue weighted by Gasteiger charge is -2.20. The van der Waals surface area contributed by atoms with Gasteiger partial charge in [0.2, 0.25) is 17.7 Å². The molecular weight excluding hydrogens is 536 g/mol. The van der Waals surface area contributed by atoms with Gasteiger partial charge in [-0.3, -0.25) is 19.2 Å². The molecule has 2 aromatic heterocycles. The summed E-state index contributed by atoms with van der Waals surface area (Å²) in [5, 5.41) is 5.47. The van der Waals surface area contributed by atoms with Crippen molar-refractivity contribution < 1.29 is 19.1 Å². The molecule has 1 aliphatic heterocycles. The van der Waals surface area contributed by atoms with Crippen LogP contribution in [0.5, 0.6) is 0 Å². The van der Waals surface area contributed by atoms with Gasteiger partial charge in [0.25, 0.3) is 5.56 Å². The van der Waals surface area contributed by atoms with Crippen LogP contribution in [0.25, 0.3) is 11.0 Å². The summed E-state index contributed by atoms with van der Waals surface area (Å²) in [6.07, 6.45) is 7.00. The topological polar surface area (TPSA) is 138 Å². The van der Waals surface area contributed by atoms with E-state index in [1.807, 2.05) is 12.1 Å². The van der Waals surface area contributed by atoms with E-state index in [0.717, 1.165) is 23.9 Å². The van der Waals surface area contributed by atoms with Crippen molar-refractivity contribution in [1.29, 1.82) is 0 Å². The summed E-state index contributed by atoms with van der Waals surface area (Å²) >= 11 is 0. The molecule has 0 saturated carbocycles. The largest absolute Gasteiger partial charge is 0.368 e. The molecule has 3 N–H and O–H groups in total. The molecule has 0 bridgehead atoms. The van der Waals surface area contributed by atoms with Gasteiger partial charge in [0.1, 0.15) is 23.7 Å². The van der Waals surface area contributed by atoms with Crippen LogP contribution in [-0.2, 0) is 32.1 Å². The van der Waals surface area contributed by atoms with Gasteiger partial charge in [0.15, 0.2) is 0 Å². The number of hydrogen-bond acceptors (Lipinski definition) is 6. The fraction of sp³-hybridized carbons (Fsp3) is 0.452. The number of amides is 3. The van der Waals surface area contributed by atoms with E-state index in [2.05, 4.69) is 40.5 Å². The molecule has 2 atom stereocenters. The predicted octanol–water partition coefficient (Wildman–Crippen LogP) is 3.00. The minimum absolute atomic E-state index is 0.0915. The number of fused-ring (bicyclic) bond motifs is 1. The standard InChI is InChI=1S/C31H40N6O5/c1-20(2)18-21-10-7-12-22-28(21)35-26(32-22)19-37-16-8-13-24(31(37)41)34-29(39)23(11-5-6-15-27(38)36(3)4)33-30(40)25-14-9-17-42-25/h6-8,10,12-13,15-16,20,23,25H,5,9,11,14,17-19H2,1-4H3,(H,32,35)(H,33,40)(H,34,39)/b15-6+. The SMILES string of the molecule is CC(C)Cc1cccc2nc(Cn3cccc(NC(=O)C(CC/C=C/C(=O)N(C)C)NC(=O)C4CCCO4)c3=O)[nH]c12. The predicted molar refractivity (Wildman–Crippen MR) is 161 cm³/mol. The maximum Gasteiger partial charge on any atom is 0.274 e. The minimum atomic E-state index is -0.927. The number of rotatable bonds is 12. The molecule has 0 aliphatic carbocycles. The van der Waals surface area contributed by atoms with Crippen molar-refractivity contribution >= 4 is 34.4 Å². The summed E-state index contributed by atoms with van der Waals surface area (Å²) < 4.78 is 6.94. The second-order valence-electron chi connectivity index (χ2n) is 11.2. The number of pyridine rings is 1. The van der Waals surface area contributed by atoms with Crippen molar-refractivity contribution in [3.8, 4) is 0 Å². The number of aromatic nitrogens is 3. The zero-order valence-electron chi connectivity index (χ0n) is 24.7. The number of allylic oxidation sites excluding steroid dienone is 1. The number of carbonyl (C=O) groups excluding carboxylic acids is 3. The number of benzene rings is 1. The second-order valence-corrected chi connectivity index (χ2v) is 11.2. The summed E-state index contributed by atoms with van der Waals surface area (Å²) in [5.41, 5.74) is 2.67. The van der Waals surface area contributed by atoms with Crippen molar-refractivity contribution in [3.63, 3.8) is 0 Å². The Labute approximate surface area is 245 Å². The van der Waals surface area contributed by atoms with Crippen LogP contribution in [0, 0.1) is 5.92 Å². The number of H-pyrrole nitrogens is 1. The van der Waals surface area contributed by atoms with Crippen molar-refractivity contribution in [1.82, 2.24) is 24.8 Å². The van der Waals surface area contributed by atoms with Gasteiger partial charge in [-0.05, 0) is 67.9 Å². The smallest absolute Gasteiger partial charge is 0.274 e. The van der Waals surface area contributed by atoms with Crippen LogP contribution in [0.15, 0.2) is 53.5 Å². The van der Waals surface area contributed by atoms with Crippen LogP contribution in [0.3, 0.4) is 0 Å². The highest BCUT2D eigenvalue weighted by Gasteiger charge is 2.28. The average Bonchev–Trinajstić information content (AvgIpc) is 3.63. The maximum absolute atomic E-state index is 13.3. The summed E-state index contributed by atoms with van der Waals surface area (Å²) in [4.78, 5) is 60.8. The minimum Gasteiger partial charge on any atom is -0.368 e. The molecule has 0 radical (unpaired) electrons. The zero-order valence-corrected chi connectivity index (χ0v) is 24.7. The Kier molecular flexibility index (Phi) is 10.3. The van der Waals surface area contributed by atoms with Crippen molar-refractivity contribution in [2.24, 2.45) is 5.92 Å². The summed E-state index contributed by atoms with van der Waals surface area (Å²) in [6, 6.07) is 8.29. The van der Waals surface area contributed by atoms with E-state index < -0.39 is 23.6 Å². The normalized spacial score (nSPS) is 15.8. The van der Waals surface area contributed by atoms with E-state index in [1.165, 1.54) is 27.2 Å². The van der Waals surface area contributed by atoms with E-state index in [1.54, 1.807) is 32.4 Å². The molecule has 1 aromatic carbocycles. The highest BCUT2D eigenvalue weighted by atomic mass is 16.5. The van der Waals surface area contributed by atoms with Gasteiger partial charge in [-0.1, -0.05) is 32.1 Å². The number of carbonyl (C=O) groups is 3. The monoisotopic (exact) mass is 576 g/mol. The summed E-state index contributed by atoms with van der Waals surface area (Å²) in [6.45, 7) is 5.02. The van der Waals surface area contributed by atoms with Crippen molar-refractivity contribution in [2.75, 3.05) is 26.0 Å². The number of para-hydroxylation sites is 1. The molecule has 2 unspecified atom stereocenters. The lowest BCUT2D eigenvalue weighted by atomic mass is 10.0. The lowest BCUT2D eigenvalue weighted by Crippen LogP contribution is -2.48. The van der Waals surface area contributed by atoms with Gasteiger partial charge in [0, 0.05) is 26.9 Å². The van der Waals surface area contributed by atoms with E-state index in [9.17, 15) is 19.2 Å². The van der Waals surface area contributed by atoms with Crippen LogP contribution in [0.2, 0.25) is 0 Å². The molecule has 11 nitrogen and oxygen atoms in total. The van der Waals surface area contributed by atoms with Crippen LogP contribution in [0.1, 0.15) is 50.9 Å². The quantitative estimate of drug-likeness (QED) is 0.284. The average molecular weight is 577 g/mol. The van der Waals surface area contributed by atoms with E-state index in [0.29, 0.717) is 31.2 Å². The third kappa shape index (κ3) is 7.94. The molecule has 11 heteroatoms. The number of ether oxygens (including phenoxy) is 1. The molecule has 224 valence electrons. The van der Waals surface area contributed by atoms with Crippen LogP contribution in [-0.4, -0.2) is 70.0 Å². The Hall–Kier alpha value is -4.25. The number of nitrogens with one attached hydrogen (secondary N) is 3. The van der Waals surface area contributed by atoms with Gasteiger partial charge in [0.05, 0.1) is 17.6 Å². The first-order valence-electron chi connectivity index (χ1n) is 14.4. The molecule has 1 saturated heterocycles. The van der Waals surface area contributed by atoms with Gasteiger partial charge in [-0.25, -0.2) is 4.98 Å². The summed E-state index contributed by atoms with van der Waals surface area (Å²) in [5.74, 6) is 0.0530. The number of anilines is 1. The Morgan fingerprint density at radius 2 is 2.02 bits per heavy atom. The van der Waals surface area contributed by atoms with Crippen LogP contribution >= 0.6 is 0 Å². The molecule has 1 fully saturated rings. The Bertz CT molecular complexity index is 1500. The van der Waals surface area contributed by atoms with Crippen molar-refractivity contribution in [3.05, 3.63) is 70.4 Å². The fourth-order valence-electron chi connectivity index (χ4n) is 4.88. The Balaban J connectivity index is 1.49. The lowest BCUT2D eigenvalue weighted by molar-refractivity contribution is -0.133. The van der Waals surface area contributed by atoms with E-state index >= 15 is 0 Å². The first-order chi connectivity index (χ1) is 20.1. The van der Waals surface area contributed by atoms with Crippen LogP contribution in [0.4, 0.5) is 5.69 Å². The molecular formula is C31H40N6O5. The third-order valence-corrected chi connectivity index (χ3v) is 7.06. The highest BCUT2D eigenvalue weighted by Crippen LogP contribution is 2.20. The summed E-state index contributed by atoms with van der Waals surface area (Å²) in [7, 11) is 3.30. The number of aromatic amines is 1. The maximum atomic E-state index is 13.3. The number of imidazole rings is 1. The first-order valence-corrected chi connectivity index (χ1v) is 14.4. The van der Waals surface area contributed by atoms with Gasteiger partial charge >= 0.3 is 0 Å². The number of nitrogens with zero attached hydrogens (tertiary/aromatic N) is 3. The van der Waals surface area contributed by atoms with E-state index in [4.69, 9.17) is 4.74 Å². The molecule has 42 heavy (non-hydrogen) atoms. The molecule has 1 aliphatic rings. The molecule has 3 amide bonds. The van der Waals surface area contributed by atoms with Crippen LogP contribution < -0.4 is 16.2 Å². The fourth-order valence-corrected chi connectivity index (χ4v) is 4.88. The van der Waals surface area contributed by atoms with Gasteiger partial charge < -0.3 is 29.8 Å². The molecule has 3 aromatic rings. The van der Waals surface area contributed by atoms with Gasteiger partial charge in [-0.2, -0.15) is 0 Å². The third-order valence-electron chi connectivity index (χ3n) is 7.06. The molecule has 4 rings (SSSR count). The Morgan fingerprint density at radius 1 is 1.21 bits per heavy atom. The van der Waals surface area contributed by atoms with Gasteiger partial charge in [-0.15, -0.1) is 0 Å². The second kappa shape index (κ2) is 14.1. The van der Waals surface area contributed by atoms with E-state index in [-0.39, 0.29) is 30.5 Å². The highest BCUT2D eigenvalue weighted by molar-refractivity contribution is 5.97. The molecule has 0 spiro atoms.